The van der Waals surface area contributed by atoms with E-state index in [-0.39, 0.29) is 39.4 Å². The number of nitrogens with one attached hydrogen (secondary N) is 2. The molecule has 12 heteroatoms. The molecule has 1 amide bonds. The van der Waals surface area contributed by atoms with Crippen LogP contribution < -0.4 is 21.1 Å². The Hall–Kier alpha value is -2.65. The Morgan fingerprint density at radius 2 is 1.52 bits per heavy atom. The van der Waals surface area contributed by atoms with E-state index in [2.05, 4.69) is 15.8 Å². The molecule has 0 unspecified atom stereocenters. The molecule has 1 radical (unpaired) electrons. The number of hydrogen-bond donors (Lipinski definition) is 2. The predicted octanol–water partition coefficient (Wildman–Crippen LogP) is -0.462. The van der Waals surface area contributed by atoms with E-state index in [1.165, 1.54) is 30.7 Å². The van der Waals surface area contributed by atoms with Gasteiger partial charge < -0.3 is 25.2 Å². The Morgan fingerprint density at radius 1 is 1.03 bits per heavy atom. The van der Waals surface area contributed by atoms with Crippen LogP contribution in [0, 0.1) is 0 Å². The van der Waals surface area contributed by atoms with Crippen LogP contribution in [0.4, 0.5) is 0 Å². The van der Waals surface area contributed by atoms with E-state index in [1.807, 2.05) is 0 Å². The molecule has 29 heavy (non-hydrogen) atoms. The molecule has 1 aliphatic rings. The van der Waals surface area contributed by atoms with Gasteiger partial charge in [-0.1, -0.05) is 23.2 Å². The quantitative estimate of drug-likeness (QED) is 0.327. The molecule has 2 N–H and O–H groups in total. The second kappa shape index (κ2) is 15.3. The maximum absolute atomic E-state index is 11.7. The first-order valence-electron chi connectivity index (χ1n) is 7.35. The number of carbonyl (C=O) groups is 4. The zero-order valence-electron chi connectivity index (χ0n) is 15.0. The minimum absolute atomic E-state index is 0. The van der Waals surface area contributed by atoms with Gasteiger partial charge in [0.25, 0.3) is 5.91 Å². The van der Waals surface area contributed by atoms with Crippen molar-refractivity contribution in [2.45, 2.75) is 13.8 Å². The van der Waals surface area contributed by atoms with Crippen LogP contribution in [0.25, 0.3) is 0 Å². The zero-order chi connectivity index (χ0) is 21.7. The molecule has 1 aromatic heterocycles. The van der Waals surface area contributed by atoms with Gasteiger partial charge in [0.15, 0.2) is 0 Å². The molecular weight excluding hydrogens is 477 g/mol. The zero-order valence-corrected chi connectivity index (χ0v) is 17.4. The molecule has 159 valence electrons. The van der Waals surface area contributed by atoms with Gasteiger partial charge in [-0.25, -0.2) is 0 Å². The van der Waals surface area contributed by atoms with Crippen molar-refractivity contribution in [3.63, 3.8) is 0 Å². The van der Waals surface area contributed by atoms with Crippen LogP contribution in [-0.2, 0) is 31.5 Å². The summed E-state index contributed by atoms with van der Waals surface area (Å²) in [5.41, 5.74) is 5.63. The van der Waals surface area contributed by atoms with Crippen molar-refractivity contribution in [2.75, 3.05) is 0 Å². The fraction of sp³-hybridized carbons (Fsp3) is 0.118. The molecule has 0 fully saturated rings. The minimum atomic E-state index is -1.08. The molecule has 2 rings (SSSR count). The molecule has 0 spiro atoms. The van der Waals surface area contributed by atoms with Crippen LogP contribution in [0.1, 0.15) is 24.2 Å². The second-order valence-electron chi connectivity index (χ2n) is 4.77. The van der Waals surface area contributed by atoms with Crippen LogP contribution in [0.3, 0.4) is 0 Å². The number of pyridine rings is 1. The van der Waals surface area contributed by atoms with Crippen molar-refractivity contribution in [2.24, 2.45) is 0 Å². The van der Waals surface area contributed by atoms with Crippen LogP contribution in [0.15, 0.2) is 58.5 Å². The summed E-state index contributed by atoms with van der Waals surface area (Å²) in [6.07, 6.45) is 7.13. The summed E-state index contributed by atoms with van der Waals surface area (Å²) >= 11 is 11.5. The van der Waals surface area contributed by atoms with Crippen molar-refractivity contribution >= 4 is 46.8 Å². The van der Waals surface area contributed by atoms with Gasteiger partial charge in [-0.15, -0.1) is 0 Å². The number of halogens is 2. The van der Waals surface area contributed by atoms with Gasteiger partial charge in [-0.2, -0.15) is 0 Å². The average molecular weight is 492 g/mol. The standard InChI is InChI=1S/C13H9Cl2N3O2.2C2H4O2.Cu/c14-10-5-9(12(19)11(15)6-10)7-17-18-13(20)8-1-3-16-4-2-8;2*1-2(3)4;/h1-7,17H,(H,18,20);2*1H3,(H,3,4);/q;;;+2/p-2/b9-7-;;;. The number of aliphatic carboxylic acids is 2. The summed E-state index contributed by atoms with van der Waals surface area (Å²) in [6.45, 7) is 1.94. The number of aromatic nitrogens is 1. The molecule has 0 aliphatic heterocycles. The molecular formula is C17H15Cl2CuN3O6. The fourth-order valence-corrected chi connectivity index (χ4v) is 1.95. The molecule has 0 atom stereocenters. The van der Waals surface area contributed by atoms with Crippen molar-refractivity contribution in [3.8, 4) is 0 Å². The minimum Gasteiger partial charge on any atom is -0.550 e. The molecule has 1 aliphatic carbocycles. The van der Waals surface area contributed by atoms with Gasteiger partial charge in [0, 0.05) is 46.7 Å². The number of rotatable bonds is 3. The van der Waals surface area contributed by atoms with Gasteiger partial charge in [0.2, 0.25) is 5.78 Å². The van der Waals surface area contributed by atoms with E-state index in [0.717, 1.165) is 13.8 Å². The molecule has 1 heterocycles. The summed E-state index contributed by atoms with van der Waals surface area (Å²) in [5, 5.41) is 18.1. The van der Waals surface area contributed by atoms with Crippen molar-refractivity contribution in [1.82, 2.24) is 15.8 Å². The van der Waals surface area contributed by atoms with E-state index in [0.29, 0.717) is 10.6 Å². The van der Waals surface area contributed by atoms with E-state index < -0.39 is 11.9 Å². The van der Waals surface area contributed by atoms with Crippen LogP contribution in [0.2, 0.25) is 0 Å². The van der Waals surface area contributed by atoms with Crippen molar-refractivity contribution in [3.05, 3.63) is 64.1 Å². The van der Waals surface area contributed by atoms with E-state index in [9.17, 15) is 9.59 Å². The molecule has 0 saturated heterocycles. The number of nitrogens with zero attached hydrogens (tertiary/aromatic N) is 1. The number of Topliss-reactive ketones (excluding diaryl/α,β-unsaturated/α-hetero) is 1. The Kier molecular flexibility index (Phi) is 15.1. The first-order chi connectivity index (χ1) is 13.0. The molecule has 9 nitrogen and oxygen atoms in total. The number of ketones is 1. The van der Waals surface area contributed by atoms with Gasteiger partial charge in [-0.05, 0) is 38.1 Å². The topological polar surface area (TPSA) is 151 Å². The number of amides is 1. The van der Waals surface area contributed by atoms with E-state index in [1.54, 1.807) is 12.1 Å². The van der Waals surface area contributed by atoms with Gasteiger partial charge >= 0.3 is 17.1 Å². The third-order valence-corrected chi connectivity index (χ3v) is 2.89. The number of carbonyl (C=O) groups excluding carboxylic acids is 4. The van der Waals surface area contributed by atoms with Gasteiger partial charge in [0.05, 0.1) is 5.03 Å². The first kappa shape index (κ1) is 28.6. The summed E-state index contributed by atoms with van der Waals surface area (Å²) in [4.78, 5) is 45.0. The third kappa shape index (κ3) is 14.1. The second-order valence-corrected chi connectivity index (χ2v) is 5.61. The predicted molar refractivity (Wildman–Crippen MR) is 97.2 cm³/mol. The summed E-state index contributed by atoms with van der Waals surface area (Å²) in [7, 11) is 0. The SMILES string of the molecule is CC(=O)[O-].CC(=O)[O-].O=C1C(Cl)=CC(Cl)=C/C1=C/NNC(=O)c1ccncc1.[Cu+2]. The fourth-order valence-electron chi connectivity index (χ4n) is 1.44. The summed E-state index contributed by atoms with van der Waals surface area (Å²) < 4.78 is 0. The van der Waals surface area contributed by atoms with Crippen LogP contribution in [0.5, 0.6) is 0 Å². The molecule has 0 aromatic carbocycles. The third-order valence-electron chi connectivity index (χ3n) is 2.39. The Morgan fingerprint density at radius 3 is 2.00 bits per heavy atom. The van der Waals surface area contributed by atoms with Gasteiger partial charge in [-0.3, -0.25) is 20.0 Å². The Labute approximate surface area is 186 Å². The number of carboxylic acid groups (broad SMARTS) is 2. The number of hydrazine groups is 1. The molecule has 0 saturated carbocycles. The van der Waals surface area contributed by atoms with Gasteiger partial charge in [0.1, 0.15) is 0 Å². The van der Waals surface area contributed by atoms with E-state index in [4.69, 9.17) is 43.0 Å². The maximum Gasteiger partial charge on any atom is 2.00 e. The monoisotopic (exact) mass is 490 g/mol. The normalized spacial score (nSPS) is 13.1. The molecule has 1 aromatic rings. The van der Waals surface area contributed by atoms with Crippen LogP contribution >= 0.6 is 23.2 Å². The largest absolute Gasteiger partial charge is 2.00 e. The summed E-state index contributed by atoms with van der Waals surface area (Å²) in [5.74, 6) is -2.90. The number of hydrogen-bond acceptors (Lipinski definition) is 8. The first-order valence-corrected chi connectivity index (χ1v) is 8.10. The number of carboxylic acids is 2. The van der Waals surface area contributed by atoms with E-state index >= 15 is 0 Å². The Balaban J connectivity index is 0. The van der Waals surface area contributed by atoms with Crippen molar-refractivity contribution < 1.29 is 46.5 Å². The number of allylic oxidation sites excluding steroid dienone is 5. The summed E-state index contributed by atoms with van der Waals surface area (Å²) in [6, 6.07) is 3.12. The average Bonchev–Trinajstić information content (AvgIpc) is 2.58. The van der Waals surface area contributed by atoms with Crippen LogP contribution in [-0.4, -0.2) is 28.6 Å². The molecule has 0 bridgehead atoms. The smallest absolute Gasteiger partial charge is 0.550 e. The van der Waals surface area contributed by atoms with Crippen molar-refractivity contribution in [1.29, 1.82) is 0 Å². The Bertz CT molecular complexity index is 806. The maximum atomic E-state index is 11.7.